The molecule has 2 amide bonds. The Morgan fingerprint density at radius 2 is 1.64 bits per heavy atom. The van der Waals surface area contributed by atoms with Crippen molar-refractivity contribution < 1.29 is 19.4 Å². The number of hydrogen-bond acceptors (Lipinski definition) is 5. The molecule has 0 aliphatic rings. The Balaban J connectivity index is 1.90. The predicted molar refractivity (Wildman–Crippen MR) is 92.1 cm³/mol. The number of phenolic OH excluding ortho intramolecular Hbond substituents is 1. The number of nitrogens with one attached hydrogen (secondary N) is 2. The van der Waals surface area contributed by atoms with Crippen LogP contribution in [0.2, 0.25) is 0 Å². The fourth-order valence-corrected chi connectivity index (χ4v) is 1.94. The lowest BCUT2D eigenvalue weighted by molar-refractivity contribution is -0.122. The zero-order valence-corrected chi connectivity index (χ0v) is 13.5. The molecule has 0 fully saturated rings. The smallest absolute Gasteiger partial charge is 0.265 e. The number of carbonyl (C=O) groups is 2. The second kappa shape index (κ2) is 8.36. The van der Waals surface area contributed by atoms with Gasteiger partial charge in [0.25, 0.3) is 5.91 Å². The molecule has 0 spiro atoms. The molecule has 7 nitrogen and oxygen atoms in total. The number of nitriles is 1. The van der Waals surface area contributed by atoms with E-state index in [0.29, 0.717) is 17.1 Å². The van der Waals surface area contributed by atoms with E-state index >= 15 is 0 Å². The number of anilines is 2. The Hall–Kier alpha value is -3.53. The van der Waals surface area contributed by atoms with Crippen LogP contribution in [0.15, 0.2) is 48.5 Å². The third kappa shape index (κ3) is 5.55. The van der Waals surface area contributed by atoms with Crippen LogP contribution < -0.4 is 15.4 Å². The molecule has 0 aliphatic carbocycles. The number of rotatable bonds is 6. The summed E-state index contributed by atoms with van der Waals surface area (Å²) in [5.74, 6) is -0.146. The fourth-order valence-electron chi connectivity index (χ4n) is 1.94. The fraction of sp³-hybridized carbons (Fsp3) is 0.167. The molecule has 7 heteroatoms. The molecule has 0 saturated heterocycles. The second-order valence-electron chi connectivity index (χ2n) is 5.20. The van der Waals surface area contributed by atoms with Gasteiger partial charge in [-0.15, -0.1) is 0 Å². The maximum atomic E-state index is 12.1. The molecule has 0 saturated carbocycles. The van der Waals surface area contributed by atoms with Crippen LogP contribution in [0, 0.1) is 11.3 Å². The van der Waals surface area contributed by atoms with E-state index in [1.54, 1.807) is 49.4 Å². The van der Waals surface area contributed by atoms with Crippen LogP contribution in [0.4, 0.5) is 11.4 Å². The summed E-state index contributed by atoms with van der Waals surface area (Å²) < 4.78 is 5.50. The van der Waals surface area contributed by atoms with E-state index in [1.165, 1.54) is 12.1 Å². The van der Waals surface area contributed by atoms with Gasteiger partial charge in [0.1, 0.15) is 17.9 Å². The summed E-state index contributed by atoms with van der Waals surface area (Å²) in [6.07, 6.45) is -0.954. The number of phenols is 1. The van der Waals surface area contributed by atoms with Crippen LogP contribution in [0.3, 0.4) is 0 Å². The molecule has 3 N–H and O–H groups in total. The van der Waals surface area contributed by atoms with Gasteiger partial charge in [-0.3, -0.25) is 9.59 Å². The Morgan fingerprint density at radius 3 is 2.20 bits per heavy atom. The second-order valence-corrected chi connectivity index (χ2v) is 5.20. The molecule has 25 heavy (non-hydrogen) atoms. The molecule has 0 aliphatic heterocycles. The summed E-state index contributed by atoms with van der Waals surface area (Å²) in [4.78, 5) is 23.5. The van der Waals surface area contributed by atoms with E-state index in [9.17, 15) is 14.7 Å². The first-order chi connectivity index (χ1) is 12.0. The Labute approximate surface area is 144 Å². The highest BCUT2D eigenvalue weighted by atomic mass is 16.5. The molecule has 1 unspecified atom stereocenters. The molecule has 0 radical (unpaired) electrons. The highest BCUT2D eigenvalue weighted by molar-refractivity contribution is 5.95. The van der Waals surface area contributed by atoms with Crippen molar-refractivity contribution in [1.82, 2.24) is 0 Å². The molecular weight excluding hydrogens is 322 g/mol. The molecule has 2 aromatic rings. The van der Waals surface area contributed by atoms with E-state index < -0.39 is 12.0 Å². The molecule has 0 heterocycles. The van der Waals surface area contributed by atoms with Crippen LogP contribution in [0.1, 0.15) is 13.3 Å². The maximum Gasteiger partial charge on any atom is 0.265 e. The summed E-state index contributed by atoms with van der Waals surface area (Å²) in [6, 6.07) is 14.3. The van der Waals surface area contributed by atoms with Crippen molar-refractivity contribution in [2.75, 3.05) is 10.6 Å². The molecule has 2 aromatic carbocycles. The highest BCUT2D eigenvalue weighted by Crippen LogP contribution is 2.18. The number of aromatic hydroxyl groups is 1. The van der Waals surface area contributed by atoms with Crippen molar-refractivity contribution in [3.05, 3.63) is 48.5 Å². The average Bonchev–Trinajstić information content (AvgIpc) is 2.59. The highest BCUT2D eigenvalue weighted by Gasteiger charge is 2.15. The average molecular weight is 339 g/mol. The van der Waals surface area contributed by atoms with Crippen LogP contribution >= 0.6 is 0 Å². The van der Waals surface area contributed by atoms with Gasteiger partial charge in [0.2, 0.25) is 5.91 Å². The van der Waals surface area contributed by atoms with E-state index in [0.717, 1.165) is 0 Å². The number of nitrogens with zero attached hydrogens (tertiary/aromatic N) is 1. The zero-order valence-electron chi connectivity index (χ0n) is 13.5. The summed E-state index contributed by atoms with van der Waals surface area (Å²) >= 11 is 0. The monoisotopic (exact) mass is 339 g/mol. The van der Waals surface area contributed by atoms with Gasteiger partial charge < -0.3 is 20.5 Å². The lowest BCUT2D eigenvalue weighted by atomic mass is 10.2. The van der Waals surface area contributed by atoms with Gasteiger partial charge in [-0.05, 0) is 55.5 Å². The number of amides is 2. The summed E-state index contributed by atoms with van der Waals surface area (Å²) in [7, 11) is 0. The first-order valence-electron chi connectivity index (χ1n) is 7.51. The third-order valence-electron chi connectivity index (χ3n) is 3.19. The Morgan fingerprint density at radius 1 is 1.08 bits per heavy atom. The number of ether oxygens (including phenoxy) is 1. The summed E-state index contributed by atoms with van der Waals surface area (Å²) in [5, 5.41) is 22.9. The summed E-state index contributed by atoms with van der Waals surface area (Å²) in [5.41, 5.74) is 1.08. The Kier molecular flexibility index (Phi) is 5.96. The van der Waals surface area contributed by atoms with Crippen molar-refractivity contribution in [3.8, 4) is 17.6 Å². The van der Waals surface area contributed by atoms with Crippen LogP contribution in [-0.2, 0) is 9.59 Å². The number of benzene rings is 2. The van der Waals surface area contributed by atoms with Gasteiger partial charge in [0, 0.05) is 11.4 Å². The van der Waals surface area contributed by atoms with Gasteiger partial charge in [-0.2, -0.15) is 5.26 Å². The number of hydrogen-bond donors (Lipinski definition) is 3. The van der Waals surface area contributed by atoms with E-state index in [2.05, 4.69) is 10.6 Å². The van der Waals surface area contributed by atoms with Gasteiger partial charge in [0.05, 0.1) is 6.07 Å². The van der Waals surface area contributed by atoms with Gasteiger partial charge in [0.15, 0.2) is 6.10 Å². The molecular formula is C18H17N3O4. The largest absolute Gasteiger partial charge is 0.508 e. The van der Waals surface area contributed by atoms with Crippen LogP contribution in [-0.4, -0.2) is 23.0 Å². The van der Waals surface area contributed by atoms with Crippen molar-refractivity contribution in [2.45, 2.75) is 19.4 Å². The van der Waals surface area contributed by atoms with Crippen LogP contribution in [0.25, 0.3) is 0 Å². The Bertz CT molecular complexity index is 779. The van der Waals surface area contributed by atoms with Crippen LogP contribution in [0.5, 0.6) is 11.5 Å². The quantitative estimate of drug-likeness (QED) is 0.749. The topological polar surface area (TPSA) is 111 Å². The predicted octanol–water partition coefficient (Wildman–Crippen LogP) is 2.65. The minimum atomic E-state index is -0.737. The lowest BCUT2D eigenvalue weighted by Gasteiger charge is -2.15. The minimum absolute atomic E-state index is 0.117. The first-order valence-corrected chi connectivity index (χ1v) is 7.51. The maximum absolute atomic E-state index is 12.1. The molecule has 0 aromatic heterocycles. The number of carbonyl (C=O) groups excluding carboxylic acids is 2. The first kappa shape index (κ1) is 17.8. The van der Waals surface area contributed by atoms with Crippen molar-refractivity contribution >= 4 is 23.2 Å². The van der Waals surface area contributed by atoms with Gasteiger partial charge in [-0.1, -0.05) is 0 Å². The molecule has 0 bridgehead atoms. The van der Waals surface area contributed by atoms with Gasteiger partial charge in [-0.25, -0.2) is 0 Å². The molecule has 128 valence electrons. The van der Waals surface area contributed by atoms with Crippen molar-refractivity contribution in [2.24, 2.45) is 0 Å². The normalized spacial score (nSPS) is 11.0. The minimum Gasteiger partial charge on any atom is -0.508 e. The third-order valence-corrected chi connectivity index (χ3v) is 3.19. The SMILES string of the molecule is CC(Oc1ccc(O)cc1)C(=O)Nc1ccc(NC(=O)CC#N)cc1. The van der Waals surface area contributed by atoms with E-state index in [-0.39, 0.29) is 18.1 Å². The van der Waals surface area contributed by atoms with E-state index in [4.69, 9.17) is 10.00 Å². The van der Waals surface area contributed by atoms with Crippen molar-refractivity contribution in [1.29, 1.82) is 5.26 Å². The summed E-state index contributed by atoms with van der Waals surface area (Å²) in [6.45, 7) is 1.61. The molecule has 2 rings (SSSR count). The molecule has 1 atom stereocenters. The standard InChI is InChI=1S/C18H17N3O4/c1-12(25-16-8-6-15(22)7-9-16)18(24)21-14-4-2-13(3-5-14)20-17(23)10-11-19/h2-9,12,22H,10H2,1H3,(H,20,23)(H,21,24). The van der Waals surface area contributed by atoms with E-state index in [1.807, 2.05) is 0 Å². The zero-order chi connectivity index (χ0) is 18.2. The van der Waals surface area contributed by atoms with Crippen molar-refractivity contribution in [3.63, 3.8) is 0 Å². The lowest BCUT2D eigenvalue weighted by Crippen LogP contribution is -2.30. The van der Waals surface area contributed by atoms with Gasteiger partial charge >= 0.3 is 0 Å².